The predicted molar refractivity (Wildman–Crippen MR) is 80.0 cm³/mol. The molecule has 1 saturated carbocycles. The maximum atomic E-state index is 12.1. The van der Waals surface area contributed by atoms with Crippen LogP contribution in [0.15, 0.2) is 6.07 Å². The molecule has 3 N–H and O–H groups in total. The van der Waals surface area contributed by atoms with Crippen molar-refractivity contribution >= 4 is 5.91 Å². The summed E-state index contributed by atoms with van der Waals surface area (Å²) in [7, 11) is 0. The van der Waals surface area contributed by atoms with Gasteiger partial charge in [0.2, 0.25) is 0 Å². The maximum absolute atomic E-state index is 12.1. The first-order valence-corrected chi connectivity index (χ1v) is 7.52. The number of hydrogen-bond acceptors (Lipinski definition) is 5. The summed E-state index contributed by atoms with van der Waals surface area (Å²) in [6.07, 6.45) is 4.37. The number of aromatic nitrogens is 2. The zero-order valence-corrected chi connectivity index (χ0v) is 12.8. The number of ether oxygens (including phenoxy) is 1. The number of nitrogens with zero attached hydrogens (tertiary/aromatic N) is 2. The van der Waals surface area contributed by atoms with Crippen molar-refractivity contribution in [1.82, 2.24) is 15.5 Å². The number of nitrogens with one attached hydrogen (secondary N) is 1. The van der Waals surface area contributed by atoms with E-state index in [0.29, 0.717) is 30.5 Å². The van der Waals surface area contributed by atoms with Gasteiger partial charge in [0.15, 0.2) is 0 Å². The molecule has 6 nitrogen and oxygen atoms in total. The number of aryl methyl sites for hydroxylation is 2. The summed E-state index contributed by atoms with van der Waals surface area (Å²) in [6.45, 7) is 4.63. The molecule has 0 saturated heterocycles. The Morgan fingerprint density at radius 1 is 1.33 bits per heavy atom. The van der Waals surface area contributed by atoms with E-state index in [2.05, 4.69) is 15.5 Å². The van der Waals surface area contributed by atoms with Crippen LogP contribution >= 0.6 is 0 Å². The molecule has 1 heterocycles. The highest BCUT2D eigenvalue weighted by atomic mass is 16.5. The number of amides is 1. The minimum absolute atomic E-state index is 0.125. The number of rotatable bonds is 5. The normalized spacial score (nSPS) is 22.0. The van der Waals surface area contributed by atoms with Crippen molar-refractivity contribution in [2.24, 2.45) is 5.73 Å². The third-order valence-corrected chi connectivity index (χ3v) is 3.81. The molecule has 21 heavy (non-hydrogen) atoms. The van der Waals surface area contributed by atoms with E-state index in [9.17, 15) is 4.79 Å². The smallest absolute Gasteiger partial charge is 0.253 e. The van der Waals surface area contributed by atoms with Crippen LogP contribution in [-0.2, 0) is 4.74 Å². The van der Waals surface area contributed by atoms with Crippen LogP contribution < -0.4 is 11.1 Å². The largest absolute Gasteiger partial charge is 0.376 e. The van der Waals surface area contributed by atoms with Crippen LogP contribution in [0.4, 0.5) is 0 Å². The van der Waals surface area contributed by atoms with Crippen LogP contribution in [0.5, 0.6) is 0 Å². The van der Waals surface area contributed by atoms with Gasteiger partial charge in [0.05, 0.1) is 29.7 Å². The van der Waals surface area contributed by atoms with E-state index in [4.69, 9.17) is 10.5 Å². The van der Waals surface area contributed by atoms with Gasteiger partial charge in [-0.3, -0.25) is 4.79 Å². The Bertz CT molecular complexity index is 485. The Labute approximate surface area is 125 Å². The molecule has 0 spiro atoms. The Morgan fingerprint density at radius 2 is 2.05 bits per heavy atom. The van der Waals surface area contributed by atoms with E-state index < -0.39 is 0 Å². The standard InChI is InChI=1S/C15H24N4O2/c1-10-9-14(11(2)19-18-10)15(20)17-7-8-21-13-5-3-12(16)4-6-13/h9,12-13H,3-8,16H2,1-2H3,(H,17,20). The van der Waals surface area contributed by atoms with Crippen molar-refractivity contribution in [3.05, 3.63) is 23.0 Å². The molecule has 0 unspecified atom stereocenters. The van der Waals surface area contributed by atoms with E-state index in [1.54, 1.807) is 13.0 Å². The Balaban J connectivity index is 1.71. The first kappa shape index (κ1) is 15.9. The molecule has 1 fully saturated rings. The average Bonchev–Trinajstić information content (AvgIpc) is 2.47. The van der Waals surface area contributed by atoms with Crippen molar-refractivity contribution in [2.45, 2.75) is 51.7 Å². The Kier molecular flexibility index (Phi) is 5.64. The topological polar surface area (TPSA) is 90.1 Å². The maximum Gasteiger partial charge on any atom is 0.253 e. The van der Waals surface area contributed by atoms with Crippen molar-refractivity contribution in [2.75, 3.05) is 13.2 Å². The molecule has 0 atom stereocenters. The molecule has 0 aliphatic heterocycles. The van der Waals surface area contributed by atoms with Gasteiger partial charge >= 0.3 is 0 Å². The summed E-state index contributed by atoms with van der Waals surface area (Å²) in [6, 6.07) is 2.08. The third kappa shape index (κ3) is 4.75. The second-order valence-corrected chi connectivity index (χ2v) is 5.65. The minimum Gasteiger partial charge on any atom is -0.376 e. The van der Waals surface area contributed by atoms with Crippen molar-refractivity contribution in [3.63, 3.8) is 0 Å². The summed E-state index contributed by atoms with van der Waals surface area (Å²) >= 11 is 0. The van der Waals surface area contributed by atoms with Gasteiger partial charge < -0.3 is 15.8 Å². The summed E-state index contributed by atoms with van der Waals surface area (Å²) in [5.41, 5.74) is 7.81. The van der Waals surface area contributed by atoms with Crippen LogP contribution in [0.3, 0.4) is 0 Å². The van der Waals surface area contributed by atoms with Gasteiger partial charge in [-0.1, -0.05) is 0 Å². The van der Waals surface area contributed by atoms with Crippen LogP contribution in [0, 0.1) is 13.8 Å². The fraction of sp³-hybridized carbons (Fsp3) is 0.667. The molecule has 1 aliphatic rings. The molecule has 1 aliphatic carbocycles. The Hall–Kier alpha value is -1.53. The van der Waals surface area contributed by atoms with E-state index in [-0.39, 0.29) is 12.0 Å². The predicted octanol–water partition coefficient (Wildman–Crippen LogP) is 1.11. The molecule has 6 heteroatoms. The number of hydrogen-bond donors (Lipinski definition) is 2. The van der Waals surface area contributed by atoms with Gasteiger partial charge in [0, 0.05) is 12.6 Å². The molecular weight excluding hydrogens is 268 g/mol. The Morgan fingerprint density at radius 3 is 2.76 bits per heavy atom. The van der Waals surface area contributed by atoms with Crippen molar-refractivity contribution in [1.29, 1.82) is 0 Å². The number of carbonyl (C=O) groups excluding carboxylic acids is 1. The monoisotopic (exact) mass is 292 g/mol. The zero-order chi connectivity index (χ0) is 15.2. The highest BCUT2D eigenvalue weighted by molar-refractivity contribution is 5.95. The third-order valence-electron chi connectivity index (χ3n) is 3.81. The van der Waals surface area contributed by atoms with Gasteiger partial charge in [-0.05, 0) is 45.6 Å². The first-order valence-electron chi connectivity index (χ1n) is 7.52. The molecule has 0 radical (unpaired) electrons. The van der Waals surface area contributed by atoms with Crippen molar-refractivity contribution in [3.8, 4) is 0 Å². The van der Waals surface area contributed by atoms with Gasteiger partial charge in [-0.25, -0.2) is 0 Å². The summed E-state index contributed by atoms with van der Waals surface area (Å²) in [4.78, 5) is 12.1. The van der Waals surface area contributed by atoms with Gasteiger partial charge in [-0.15, -0.1) is 0 Å². The summed E-state index contributed by atoms with van der Waals surface area (Å²) in [5.74, 6) is -0.125. The van der Waals surface area contributed by atoms with E-state index in [1.165, 1.54) is 0 Å². The zero-order valence-electron chi connectivity index (χ0n) is 12.8. The second-order valence-electron chi connectivity index (χ2n) is 5.65. The highest BCUT2D eigenvalue weighted by Gasteiger charge is 2.18. The molecule has 2 rings (SSSR count). The van der Waals surface area contributed by atoms with Crippen LogP contribution in [0.25, 0.3) is 0 Å². The number of carbonyl (C=O) groups is 1. The fourth-order valence-electron chi connectivity index (χ4n) is 2.52. The molecule has 1 aromatic rings. The summed E-state index contributed by atoms with van der Waals surface area (Å²) < 4.78 is 5.77. The van der Waals surface area contributed by atoms with Gasteiger partial charge in [0.25, 0.3) is 5.91 Å². The van der Waals surface area contributed by atoms with E-state index in [1.807, 2.05) is 6.92 Å². The van der Waals surface area contributed by atoms with Crippen LogP contribution in [0.2, 0.25) is 0 Å². The molecular formula is C15H24N4O2. The van der Waals surface area contributed by atoms with E-state index >= 15 is 0 Å². The average molecular weight is 292 g/mol. The lowest BCUT2D eigenvalue weighted by atomic mass is 9.94. The minimum atomic E-state index is -0.125. The lowest BCUT2D eigenvalue weighted by Crippen LogP contribution is -2.33. The van der Waals surface area contributed by atoms with Crippen molar-refractivity contribution < 1.29 is 9.53 Å². The number of nitrogens with two attached hydrogens (primary N) is 1. The summed E-state index contributed by atoms with van der Waals surface area (Å²) in [5, 5.41) is 10.7. The lowest BCUT2D eigenvalue weighted by Gasteiger charge is -2.26. The lowest BCUT2D eigenvalue weighted by molar-refractivity contribution is 0.0267. The van der Waals surface area contributed by atoms with Crippen LogP contribution in [0.1, 0.15) is 47.4 Å². The SMILES string of the molecule is Cc1cc(C(=O)NCCOC2CCC(N)CC2)c(C)nn1. The molecule has 0 bridgehead atoms. The first-order chi connectivity index (χ1) is 10.1. The highest BCUT2D eigenvalue weighted by Crippen LogP contribution is 2.19. The molecule has 1 aromatic heterocycles. The van der Waals surface area contributed by atoms with Gasteiger partial charge in [0.1, 0.15) is 0 Å². The second kappa shape index (κ2) is 7.47. The molecule has 116 valence electrons. The fourth-order valence-corrected chi connectivity index (χ4v) is 2.52. The van der Waals surface area contributed by atoms with Crippen LogP contribution in [-0.4, -0.2) is 41.4 Å². The van der Waals surface area contributed by atoms with E-state index in [0.717, 1.165) is 31.4 Å². The molecule has 0 aromatic carbocycles. The van der Waals surface area contributed by atoms with Gasteiger partial charge in [-0.2, -0.15) is 10.2 Å². The molecule has 1 amide bonds. The quantitative estimate of drug-likeness (QED) is 0.793.